The van der Waals surface area contributed by atoms with Crippen molar-refractivity contribution in [2.45, 2.75) is 38.8 Å². The standard InChI is InChI=1S/C21H26F3N5O4/c1-2-3-4-7-10-25-19(31)33-20-27-26-18(32-20)29-13-11-28(12-14-29)17(30)15-8-5-6-9-16(15)21(22,23)24/h5-6,8-9H,2-4,7,10-14H2,1H3,(H,25,31). The molecule has 2 heterocycles. The van der Waals surface area contributed by atoms with Crippen LogP contribution in [0.4, 0.5) is 24.0 Å². The molecule has 0 radical (unpaired) electrons. The van der Waals surface area contributed by atoms with Gasteiger partial charge in [0.1, 0.15) is 0 Å². The van der Waals surface area contributed by atoms with Crippen LogP contribution < -0.4 is 15.0 Å². The summed E-state index contributed by atoms with van der Waals surface area (Å²) in [5.74, 6) is -0.687. The summed E-state index contributed by atoms with van der Waals surface area (Å²) in [6, 6.07) is 4.82. The molecule has 1 saturated heterocycles. The SMILES string of the molecule is CCCCCCNC(=O)Oc1nnc(N2CCN(C(=O)c3ccccc3C(F)(F)F)CC2)o1. The zero-order chi connectivity index (χ0) is 23.8. The van der Waals surface area contributed by atoms with Gasteiger partial charge in [0, 0.05) is 32.7 Å². The molecule has 33 heavy (non-hydrogen) atoms. The number of amides is 2. The average Bonchev–Trinajstić information content (AvgIpc) is 3.26. The number of hydrogen-bond acceptors (Lipinski definition) is 7. The van der Waals surface area contributed by atoms with E-state index in [9.17, 15) is 22.8 Å². The number of alkyl halides is 3. The summed E-state index contributed by atoms with van der Waals surface area (Å²) < 4.78 is 50.0. The highest BCUT2D eigenvalue weighted by Crippen LogP contribution is 2.32. The van der Waals surface area contributed by atoms with Crippen molar-refractivity contribution in [3.8, 4) is 6.08 Å². The summed E-state index contributed by atoms with van der Waals surface area (Å²) in [5, 5.41) is 10.1. The number of nitrogens with one attached hydrogen (secondary N) is 1. The number of halogens is 3. The number of rotatable bonds is 8. The van der Waals surface area contributed by atoms with Gasteiger partial charge >= 0.3 is 24.4 Å². The number of carbonyl (C=O) groups excluding carboxylic acids is 2. The monoisotopic (exact) mass is 469 g/mol. The molecule has 1 aliphatic heterocycles. The lowest BCUT2D eigenvalue weighted by atomic mass is 10.1. The Kier molecular flexibility index (Phi) is 8.12. The molecule has 1 fully saturated rings. The first-order chi connectivity index (χ1) is 15.8. The van der Waals surface area contributed by atoms with Crippen molar-refractivity contribution in [1.29, 1.82) is 0 Å². The Morgan fingerprint density at radius 3 is 2.52 bits per heavy atom. The number of unbranched alkanes of at least 4 members (excludes halogenated alkanes) is 3. The summed E-state index contributed by atoms with van der Waals surface area (Å²) in [6.07, 6.45) is -1.58. The van der Waals surface area contributed by atoms with Crippen LogP contribution in [0.15, 0.2) is 28.7 Å². The van der Waals surface area contributed by atoms with Crippen molar-refractivity contribution < 1.29 is 31.9 Å². The van der Waals surface area contributed by atoms with Crippen LogP contribution in [0.1, 0.15) is 48.5 Å². The number of hydrogen-bond donors (Lipinski definition) is 1. The molecule has 1 aromatic carbocycles. The molecular formula is C21H26F3N5O4. The minimum atomic E-state index is -4.62. The molecule has 0 saturated carbocycles. The number of nitrogens with zero attached hydrogens (tertiary/aromatic N) is 4. The summed E-state index contributed by atoms with van der Waals surface area (Å²) in [4.78, 5) is 27.5. The van der Waals surface area contributed by atoms with Crippen molar-refractivity contribution in [2.75, 3.05) is 37.6 Å². The molecule has 1 N–H and O–H groups in total. The van der Waals surface area contributed by atoms with Crippen molar-refractivity contribution >= 4 is 18.0 Å². The first-order valence-corrected chi connectivity index (χ1v) is 10.8. The maximum atomic E-state index is 13.2. The summed E-state index contributed by atoms with van der Waals surface area (Å²) in [5.41, 5.74) is -1.34. The van der Waals surface area contributed by atoms with E-state index < -0.39 is 23.7 Å². The van der Waals surface area contributed by atoms with E-state index in [-0.39, 0.29) is 43.8 Å². The smallest absolute Gasteiger partial charge is 0.374 e. The third-order valence-electron chi connectivity index (χ3n) is 5.18. The van der Waals surface area contributed by atoms with Crippen molar-refractivity contribution in [3.63, 3.8) is 0 Å². The van der Waals surface area contributed by atoms with Crippen LogP contribution in [-0.4, -0.2) is 59.8 Å². The van der Waals surface area contributed by atoms with Crippen LogP contribution in [0.5, 0.6) is 6.08 Å². The second kappa shape index (κ2) is 11.0. The Labute approximate surface area is 188 Å². The Balaban J connectivity index is 1.50. The van der Waals surface area contributed by atoms with Gasteiger partial charge in [-0.05, 0) is 18.6 Å². The van der Waals surface area contributed by atoms with E-state index in [0.29, 0.717) is 6.54 Å². The fraction of sp³-hybridized carbons (Fsp3) is 0.524. The molecule has 180 valence electrons. The van der Waals surface area contributed by atoms with Gasteiger partial charge in [-0.25, -0.2) is 4.79 Å². The molecule has 9 nitrogen and oxygen atoms in total. The Bertz CT molecular complexity index is 942. The highest BCUT2D eigenvalue weighted by atomic mass is 19.4. The largest absolute Gasteiger partial charge is 0.425 e. The Hall–Kier alpha value is -3.31. The lowest BCUT2D eigenvalue weighted by molar-refractivity contribution is -0.138. The number of carbonyl (C=O) groups is 2. The number of ether oxygens (including phenoxy) is 1. The maximum absolute atomic E-state index is 13.2. The van der Waals surface area contributed by atoms with Gasteiger partial charge in [-0.2, -0.15) is 13.2 Å². The number of piperazine rings is 1. The zero-order valence-electron chi connectivity index (χ0n) is 18.2. The predicted octanol–water partition coefficient (Wildman–Crippen LogP) is 3.72. The van der Waals surface area contributed by atoms with Crippen LogP contribution >= 0.6 is 0 Å². The minimum Gasteiger partial charge on any atom is -0.374 e. The van der Waals surface area contributed by atoms with Gasteiger partial charge in [0.05, 0.1) is 11.1 Å². The third-order valence-corrected chi connectivity index (χ3v) is 5.18. The van der Waals surface area contributed by atoms with E-state index in [1.165, 1.54) is 23.1 Å². The molecule has 0 aliphatic carbocycles. The molecule has 1 aromatic heterocycles. The van der Waals surface area contributed by atoms with E-state index in [1.54, 1.807) is 4.90 Å². The Morgan fingerprint density at radius 2 is 1.82 bits per heavy atom. The van der Waals surface area contributed by atoms with Crippen LogP contribution in [0.3, 0.4) is 0 Å². The number of benzene rings is 1. The molecule has 12 heteroatoms. The van der Waals surface area contributed by atoms with Crippen molar-refractivity contribution in [1.82, 2.24) is 20.4 Å². The van der Waals surface area contributed by atoms with Gasteiger partial charge in [0.25, 0.3) is 5.91 Å². The van der Waals surface area contributed by atoms with E-state index in [0.717, 1.165) is 31.7 Å². The first kappa shape index (κ1) is 24.3. The second-order valence-corrected chi connectivity index (χ2v) is 7.55. The molecule has 3 rings (SSSR count). The second-order valence-electron chi connectivity index (χ2n) is 7.55. The highest BCUT2D eigenvalue weighted by Gasteiger charge is 2.36. The molecule has 2 aromatic rings. The summed E-state index contributed by atoms with van der Waals surface area (Å²) in [7, 11) is 0. The average molecular weight is 469 g/mol. The molecule has 0 unspecified atom stereocenters. The van der Waals surface area contributed by atoms with Crippen LogP contribution in [-0.2, 0) is 6.18 Å². The van der Waals surface area contributed by atoms with Crippen molar-refractivity contribution in [2.24, 2.45) is 0 Å². The predicted molar refractivity (Wildman–Crippen MR) is 112 cm³/mol. The van der Waals surface area contributed by atoms with Gasteiger partial charge in [-0.3, -0.25) is 4.79 Å². The Morgan fingerprint density at radius 1 is 1.09 bits per heavy atom. The van der Waals surface area contributed by atoms with Crippen LogP contribution in [0, 0.1) is 0 Å². The quantitative estimate of drug-likeness (QED) is 0.588. The maximum Gasteiger partial charge on any atom is 0.425 e. The zero-order valence-corrected chi connectivity index (χ0v) is 18.2. The lowest BCUT2D eigenvalue weighted by Crippen LogP contribution is -2.49. The molecule has 1 aliphatic rings. The topological polar surface area (TPSA) is 101 Å². The van der Waals surface area contributed by atoms with Crippen LogP contribution in [0.2, 0.25) is 0 Å². The molecule has 0 bridgehead atoms. The van der Waals surface area contributed by atoms with Gasteiger partial charge in [0.15, 0.2) is 0 Å². The summed E-state index contributed by atoms with van der Waals surface area (Å²) >= 11 is 0. The van der Waals surface area contributed by atoms with Crippen molar-refractivity contribution in [3.05, 3.63) is 35.4 Å². The molecular weight excluding hydrogens is 443 g/mol. The first-order valence-electron chi connectivity index (χ1n) is 10.8. The third kappa shape index (κ3) is 6.59. The lowest BCUT2D eigenvalue weighted by Gasteiger charge is -2.34. The molecule has 0 atom stereocenters. The van der Waals surface area contributed by atoms with E-state index >= 15 is 0 Å². The molecule has 0 spiro atoms. The summed E-state index contributed by atoms with van der Waals surface area (Å²) in [6.45, 7) is 3.45. The fourth-order valence-corrected chi connectivity index (χ4v) is 3.42. The highest BCUT2D eigenvalue weighted by molar-refractivity contribution is 5.96. The minimum absolute atomic E-state index is 0.100. The van der Waals surface area contributed by atoms with Gasteiger partial charge in [-0.1, -0.05) is 48.5 Å². The number of aromatic nitrogens is 2. The van der Waals surface area contributed by atoms with E-state index in [2.05, 4.69) is 22.4 Å². The van der Waals surface area contributed by atoms with Crippen LogP contribution in [0.25, 0.3) is 0 Å². The van der Waals surface area contributed by atoms with Gasteiger partial charge in [0.2, 0.25) is 0 Å². The van der Waals surface area contributed by atoms with E-state index in [4.69, 9.17) is 9.15 Å². The molecule has 2 amide bonds. The van der Waals surface area contributed by atoms with Gasteiger partial charge < -0.3 is 24.3 Å². The fourth-order valence-electron chi connectivity index (χ4n) is 3.42. The number of anilines is 1. The normalized spacial score (nSPS) is 14.3. The van der Waals surface area contributed by atoms with E-state index in [1.807, 2.05) is 0 Å². The van der Waals surface area contributed by atoms with Gasteiger partial charge in [-0.15, -0.1) is 0 Å².